The predicted octanol–water partition coefficient (Wildman–Crippen LogP) is 4.86. The van der Waals surface area contributed by atoms with Gasteiger partial charge in [0.25, 0.3) is 0 Å². The first-order chi connectivity index (χ1) is 13.0. The Morgan fingerprint density at radius 1 is 1.26 bits per heavy atom. The van der Waals surface area contributed by atoms with Crippen LogP contribution in [0, 0.1) is 18.6 Å². The fourth-order valence-corrected chi connectivity index (χ4v) is 3.02. The van der Waals surface area contributed by atoms with Gasteiger partial charge >= 0.3 is 6.03 Å². The summed E-state index contributed by atoms with van der Waals surface area (Å²) in [5.41, 5.74) is 3.71. The number of amides is 2. The number of nitrogens with zero attached hydrogens (tertiary/aromatic N) is 2. The van der Waals surface area contributed by atoms with Crippen LogP contribution in [0.3, 0.4) is 0 Å². The van der Waals surface area contributed by atoms with Crippen molar-refractivity contribution in [2.75, 3.05) is 11.9 Å². The second kappa shape index (κ2) is 6.68. The number of aryl methyl sites for hydroxylation is 1. The van der Waals surface area contributed by atoms with Crippen LogP contribution in [0.25, 0.3) is 16.7 Å². The first kappa shape index (κ1) is 17.0. The highest BCUT2D eigenvalue weighted by atomic mass is 19.1. The molecule has 136 valence electrons. The highest BCUT2D eigenvalue weighted by Crippen LogP contribution is 2.27. The minimum atomic E-state index is -0.827. The van der Waals surface area contributed by atoms with Crippen molar-refractivity contribution in [3.8, 4) is 0 Å². The molecular weight excluding hydrogens is 352 g/mol. The lowest BCUT2D eigenvalue weighted by Crippen LogP contribution is -2.33. The molecule has 27 heavy (non-hydrogen) atoms. The average Bonchev–Trinajstić information content (AvgIpc) is 3.11. The SMILES string of the molecule is Cc1cc2ncoc2cc1C1=CC=CN(C(=O)Nc2c(F)cccc2F)C1. The molecule has 0 bridgehead atoms. The Bertz CT molecular complexity index is 1080. The number of hydrogen-bond acceptors (Lipinski definition) is 3. The molecule has 2 amide bonds. The van der Waals surface area contributed by atoms with E-state index in [2.05, 4.69) is 10.3 Å². The molecule has 4 rings (SSSR count). The normalized spacial score (nSPS) is 13.7. The molecule has 1 aromatic heterocycles. The number of urea groups is 1. The maximum atomic E-state index is 13.8. The first-order valence-electron chi connectivity index (χ1n) is 8.26. The van der Waals surface area contributed by atoms with Gasteiger partial charge in [0.2, 0.25) is 0 Å². The summed E-state index contributed by atoms with van der Waals surface area (Å²) in [7, 11) is 0. The van der Waals surface area contributed by atoms with Gasteiger partial charge in [-0.25, -0.2) is 18.6 Å². The van der Waals surface area contributed by atoms with E-state index in [-0.39, 0.29) is 6.54 Å². The van der Waals surface area contributed by atoms with Crippen LogP contribution in [-0.2, 0) is 0 Å². The molecule has 7 heteroatoms. The van der Waals surface area contributed by atoms with Crippen LogP contribution in [0.5, 0.6) is 0 Å². The Balaban J connectivity index is 1.57. The van der Waals surface area contributed by atoms with E-state index in [9.17, 15) is 13.6 Å². The number of para-hydroxylation sites is 1. The third-order valence-corrected chi connectivity index (χ3v) is 4.38. The second-order valence-corrected chi connectivity index (χ2v) is 6.18. The average molecular weight is 367 g/mol. The molecule has 0 unspecified atom stereocenters. The van der Waals surface area contributed by atoms with Crippen molar-refractivity contribution in [3.63, 3.8) is 0 Å². The summed E-state index contributed by atoms with van der Waals surface area (Å²) in [5, 5.41) is 2.29. The number of hydrogen-bond donors (Lipinski definition) is 1. The molecule has 0 aliphatic carbocycles. The molecule has 0 radical (unpaired) electrons. The van der Waals surface area contributed by atoms with Crippen LogP contribution < -0.4 is 5.32 Å². The molecule has 1 aliphatic heterocycles. The number of fused-ring (bicyclic) bond motifs is 1. The highest BCUT2D eigenvalue weighted by molar-refractivity contribution is 5.92. The number of nitrogens with one attached hydrogen (secondary N) is 1. The third-order valence-electron chi connectivity index (χ3n) is 4.38. The first-order valence-corrected chi connectivity index (χ1v) is 8.26. The Morgan fingerprint density at radius 3 is 2.81 bits per heavy atom. The zero-order chi connectivity index (χ0) is 19.0. The van der Waals surface area contributed by atoms with E-state index in [1.165, 1.54) is 17.4 Å². The molecule has 0 saturated carbocycles. The van der Waals surface area contributed by atoms with E-state index in [4.69, 9.17) is 4.42 Å². The van der Waals surface area contributed by atoms with Crippen LogP contribution >= 0.6 is 0 Å². The van der Waals surface area contributed by atoms with Crippen molar-refractivity contribution in [2.24, 2.45) is 0 Å². The van der Waals surface area contributed by atoms with Gasteiger partial charge in [-0.05, 0) is 54.0 Å². The molecule has 1 N–H and O–H groups in total. The van der Waals surface area contributed by atoms with Crippen molar-refractivity contribution in [1.29, 1.82) is 0 Å². The Morgan fingerprint density at radius 2 is 2.04 bits per heavy atom. The summed E-state index contributed by atoms with van der Waals surface area (Å²) in [5.74, 6) is -1.65. The van der Waals surface area contributed by atoms with Crippen LogP contribution in [0.1, 0.15) is 11.1 Å². The Labute approximate surface area is 153 Å². The summed E-state index contributed by atoms with van der Waals surface area (Å²) >= 11 is 0. The van der Waals surface area contributed by atoms with Crippen LogP contribution in [0.4, 0.5) is 19.3 Å². The molecule has 2 heterocycles. The standard InChI is InChI=1S/C20H15F2N3O2/c1-12-8-17-18(27-11-23-17)9-14(12)13-4-3-7-25(10-13)20(26)24-19-15(21)5-2-6-16(19)22/h2-9,11H,10H2,1H3,(H,24,26). The van der Waals surface area contributed by atoms with Crippen LogP contribution in [0.2, 0.25) is 0 Å². The summed E-state index contributed by atoms with van der Waals surface area (Å²) in [6.07, 6.45) is 6.53. The van der Waals surface area contributed by atoms with E-state index in [1.807, 2.05) is 25.1 Å². The number of halogens is 2. The number of carbonyl (C=O) groups excluding carboxylic acids is 1. The zero-order valence-corrected chi connectivity index (χ0v) is 14.4. The van der Waals surface area contributed by atoms with E-state index in [1.54, 1.807) is 12.3 Å². The van der Waals surface area contributed by atoms with Crippen LogP contribution in [0.15, 0.2) is 59.5 Å². The van der Waals surface area contributed by atoms with Gasteiger partial charge in [-0.2, -0.15) is 0 Å². The molecule has 3 aromatic rings. The van der Waals surface area contributed by atoms with Crippen molar-refractivity contribution in [2.45, 2.75) is 6.92 Å². The molecular formula is C20H15F2N3O2. The number of oxazole rings is 1. The largest absolute Gasteiger partial charge is 0.443 e. The van der Waals surface area contributed by atoms with E-state index < -0.39 is 23.4 Å². The smallest absolute Gasteiger partial charge is 0.326 e. The number of anilines is 1. The van der Waals surface area contributed by atoms with Gasteiger partial charge in [0.1, 0.15) is 22.8 Å². The molecule has 0 atom stereocenters. The summed E-state index contributed by atoms with van der Waals surface area (Å²) in [4.78, 5) is 18.0. The lowest BCUT2D eigenvalue weighted by atomic mass is 9.98. The third kappa shape index (κ3) is 3.19. The van der Waals surface area contributed by atoms with Crippen molar-refractivity contribution in [3.05, 3.63) is 77.8 Å². The Kier molecular flexibility index (Phi) is 4.19. The summed E-state index contributed by atoms with van der Waals surface area (Å²) < 4.78 is 32.9. The van der Waals surface area contributed by atoms with E-state index in [0.29, 0.717) is 5.58 Å². The molecule has 5 nitrogen and oxygen atoms in total. The molecule has 0 spiro atoms. The summed E-state index contributed by atoms with van der Waals surface area (Å²) in [6, 6.07) is 6.57. The van der Waals surface area contributed by atoms with Gasteiger partial charge in [0.05, 0.1) is 6.54 Å². The lowest BCUT2D eigenvalue weighted by molar-refractivity contribution is 0.232. The Hall–Kier alpha value is -3.48. The highest BCUT2D eigenvalue weighted by Gasteiger charge is 2.20. The topological polar surface area (TPSA) is 58.4 Å². The molecule has 1 aliphatic rings. The van der Waals surface area contributed by atoms with Gasteiger partial charge in [-0.3, -0.25) is 4.90 Å². The number of carbonyl (C=O) groups is 1. The molecule has 2 aromatic carbocycles. The lowest BCUT2D eigenvalue weighted by Gasteiger charge is -2.24. The van der Waals surface area contributed by atoms with Crippen molar-refractivity contribution >= 4 is 28.4 Å². The number of benzene rings is 2. The maximum absolute atomic E-state index is 13.8. The van der Waals surface area contributed by atoms with Gasteiger partial charge < -0.3 is 9.73 Å². The van der Waals surface area contributed by atoms with Gasteiger partial charge in [0.15, 0.2) is 12.0 Å². The maximum Gasteiger partial charge on any atom is 0.326 e. The van der Waals surface area contributed by atoms with Crippen molar-refractivity contribution in [1.82, 2.24) is 9.88 Å². The minimum Gasteiger partial charge on any atom is -0.443 e. The minimum absolute atomic E-state index is 0.249. The second-order valence-electron chi connectivity index (χ2n) is 6.18. The monoisotopic (exact) mass is 367 g/mol. The number of allylic oxidation sites excluding steroid dienone is 2. The van der Waals surface area contributed by atoms with Gasteiger partial charge in [0, 0.05) is 6.20 Å². The molecule has 0 saturated heterocycles. The summed E-state index contributed by atoms with van der Waals surface area (Å²) in [6.45, 7) is 2.20. The van der Waals surface area contributed by atoms with E-state index in [0.717, 1.165) is 34.3 Å². The number of aromatic nitrogens is 1. The fourth-order valence-electron chi connectivity index (χ4n) is 3.02. The number of rotatable bonds is 2. The molecule has 0 fully saturated rings. The van der Waals surface area contributed by atoms with Crippen LogP contribution in [-0.4, -0.2) is 22.5 Å². The zero-order valence-electron chi connectivity index (χ0n) is 14.4. The van der Waals surface area contributed by atoms with Gasteiger partial charge in [-0.15, -0.1) is 0 Å². The van der Waals surface area contributed by atoms with Crippen molar-refractivity contribution < 1.29 is 18.0 Å². The quantitative estimate of drug-likeness (QED) is 0.704. The fraction of sp³-hybridized carbons (Fsp3) is 0.100. The van der Waals surface area contributed by atoms with E-state index >= 15 is 0 Å². The van der Waals surface area contributed by atoms with Gasteiger partial charge in [-0.1, -0.05) is 12.1 Å². The predicted molar refractivity (Wildman–Crippen MR) is 97.9 cm³/mol.